The van der Waals surface area contributed by atoms with Gasteiger partial charge in [-0.25, -0.2) is 4.98 Å². The fourth-order valence-electron chi connectivity index (χ4n) is 3.46. The molecule has 1 saturated carbocycles. The Morgan fingerprint density at radius 3 is 3.00 bits per heavy atom. The van der Waals surface area contributed by atoms with E-state index in [-0.39, 0.29) is 11.9 Å². The summed E-state index contributed by atoms with van der Waals surface area (Å²) < 4.78 is 5.35. The average Bonchev–Trinajstić information content (AvgIpc) is 3.13. The lowest BCUT2D eigenvalue weighted by Gasteiger charge is -2.34. The quantitative estimate of drug-likeness (QED) is 0.701. The summed E-state index contributed by atoms with van der Waals surface area (Å²) >= 11 is 7.38. The number of nitrogens with zero attached hydrogens (tertiary/aromatic N) is 2. The minimum atomic E-state index is 0.0256. The molecule has 1 amide bonds. The zero-order valence-electron chi connectivity index (χ0n) is 15.8. The van der Waals surface area contributed by atoms with Crippen LogP contribution in [0.4, 0.5) is 0 Å². The topological polar surface area (TPSA) is 79.9 Å². The first-order valence-electron chi connectivity index (χ1n) is 9.16. The van der Waals surface area contributed by atoms with Crippen LogP contribution in [0.25, 0.3) is 11.4 Å². The van der Waals surface area contributed by atoms with E-state index in [0.717, 1.165) is 12.0 Å². The van der Waals surface area contributed by atoms with Gasteiger partial charge in [0.25, 0.3) is 0 Å². The third-order valence-corrected chi connectivity index (χ3v) is 6.35. The van der Waals surface area contributed by atoms with Crippen molar-refractivity contribution in [3.05, 3.63) is 23.2 Å². The van der Waals surface area contributed by atoms with Gasteiger partial charge in [-0.1, -0.05) is 50.1 Å². The zero-order valence-corrected chi connectivity index (χ0v) is 17.4. The maximum absolute atomic E-state index is 12.3. The Kier molecular flexibility index (Phi) is 6.65. The van der Waals surface area contributed by atoms with Crippen LogP contribution < -0.4 is 10.1 Å². The molecule has 6 nitrogen and oxygen atoms in total. The minimum absolute atomic E-state index is 0.0256. The number of thioether (sulfide) groups is 1. The maximum atomic E-state index is 12.3. The molecule has 27 heavy (non-hydrogen) atoms. The number of ether oxygens (including phenoxy) is 1. The largest absolute Gasteiger partial charge is 0.496 e. The number of aromatic amines is 1. The molecule has 1 fully saturated rings. The molecule has 1 heterocycles. The SMILES string of the molecule is COc1ccc(Cl)cc1-c1nc(SCC(=O)N[C@@H]2CCC[C@@H](C)[C@H]2C)n[nH]1. The number of carbonyl (C=O) groups excluding carboxylic acids is 1. The summed E-state index contributed by atoms with van der Waals surface area (Å²) in [5.41, 5.74) is 0.735. The Balaban J connectivity index is 1.58. The average molecular weight is 409 g/mol. The van der Waals surface area contributed by atoms with Crippen molar-refractivity contribution in [2.45, 2.75) is 44.3 Å². The smallest absolute Gasteiger partial charge is 0.230 e. The van der Waals surface area contributed by atoms with E-state index in [0.29, 0.717) is 39.3 Å². The van der Waals surface area contributed by atoms with Crippen molar-refractivity contribution < 1.29 is 9.53 Å². The van der Waals surface area contributed by atoms with Gasteiger partial charge < -0.3 is 10.1 Å². The third kappa shape index (κ3) is 4.96. The highest BCUT2D eigenvalue weighted by atomic mass is 35.5. The number of rotatable bonds is 6. The maximum Gasteiger partial charge on any atom is 0.230 e. The Bertz CT molecular complexity index is 798. The number of halogens is 1. The third-order valence-electron chi connectivity index (χ3n) is 5.27. The van der Waals surface area contributed by atoms with Gasteiger partial charge >= 0.3 is 0 Å². The molecular weight excluding hydrogens is 384 g/mol. The van der Waals surface area contributed by atoms with Crippen molar-refractivity contribution in [1.82, 2.24) is 20.5 Å². The van der Waals surface area contributed by atoms with E-state index in [1.165, 1.54) is 24.6 Å². The first-order valence-corrected chi connectivity index (χ1v) is 10.5. The van der Waals surface area contributed by atoms with Gasteiger partial charge in [-0.05, 0) is 36.5 Å². The highest BCUT2D eigenvalue weighted by molar-refractivity contribution is 7.99. The lowest BCUT2D eigenvalue weighted by molar-refractivity contribution is -0.120. The summed E-state index contributed by atoms with van der Waals surface area (Å²) in [7, 11) is 1.59. The van der Waals surface area contributed by atoms with Crippen LogP contribution in [0.5, 0.6) is 5.75 Å². The number of aromatic nitrogens is 3. The molecule has 3 atom stereocenters. The van der Waals surface area contributed by atoms with Crippen LogP contribution in [0.3, 0.4) is 0 Å². The summed E-state index contributed by atoms with van der Waals surface area (Å²) in [6.07, 6.45) is 3.48. The molecule has 2 aromatic rings. The molecule has 0 bridgehead atoms. The lowest BCUT2D eigenvalue weighted by atomic mass is 9.78. The minimum Gasteiger partial charge on any atom is -0.496 e. The molecule has 1 aromatic heterocycles. The number of methoxy groups -OCH3 is 1. The van der Waals surface area contributed by atoms with Crippen LogP contribution in [0.2, 0.25) is 5.02 Å². The van der Waals surface area contributed by atoms with Crippen molar-refractivity contribution in [3.63, 3.8) is 0 Å². The van der Waals surface area contributed by atoms with Crippen LogP contribution in [0.1, 0.15) is 33.1 Å². The Hall–Kier alpha value is -1.73. The van der Waals surface area contributed by atoms with Crippen molar-refractivity contribution in [2.75, 3.05) is 12.9 Å². The molecule has 0 spiro atoms. The summed E-state index contributed by atoms with van der Waals surface area (Å²) in [4.78, 5) is 16.8. The number of amides is 1. The standard InChI is InChI=1S/C19H25ClN4O2S/c1-11-5-4-6-15(12(11)2)21-17(25)10-27-19-22-18(23-24-19)14-9-13(20)7-8-16(14)26-3/h7-9,11-12,15H,4-6,10H2,1-3H3,(H,21,25)(H,22,23,24)/t11-,12-,15-/m1/s1. The van der Waals surface area contributed by atoms with Crippen LogP contribution in [0, 0.1) is 11.8 Å². The van der Waals surface area contributed by atoms with Crippen molar-refractivity contribution in [1.29, 1.82) is 0 Å². The monoisotopic (exact) mass is 408 g/mol. The van der Waals surface area contributed by atoms with Crippen molar-refractivity contribution in [2.24, 2.45) is 11.8 Å². The van der Waals surface area contributed by atoms with Gasteiger partial charge in [0.05, 0.1) is 18.4 Å². The summed E-state index contributed by atoms with van der Waals surface area (Å²) in [6.45, 7) is 4.48. The second-order valence-corrected chi connectivity index (χ2v) is 8.42. The van der Waals surface area contributed by atoms with Crippen LogP contribution in [0.15, 0.2) is 23.4 Å². The first kappa shape index (κ1) is 20.0. The molecule has 1 aromatic carbocycles. The molecule has 1 aliphatic rings. The summed E-state index contributed by atoms with van der Waals surface area (Å²) in [6, 6.07) is 5.58. The molecule has 146 valence electrons. The van der Waals surface area contributed by atoms with Gasteiger partial charge in [-0.2, -0.15) is 0 Å². The molecule has 8 heteroatoms. The molecule has 1 aliphatic carbocycles. The molecule has 3 rings (SSSR count). The predicted octanol–water partition coefficient (Wildman–Crippen LogP) is 4.17. The highest BCUT2D eigenvalue weighted by Crippen LogP contribution is 2.31. The van der Waals surface area contributed by atoms with Gasteiger partial charge in [-0.3, -0.25) is 9.89 Å². The molecule has 0 unspecified atom stereocenters. The van der Waals surface area contributed by atoms with Gasteiger partial charge in [0.15, 0.2) is 5.82 Å². The summed E-state index contributed by atoms with van der Waals surface area (Å²) in [5, 5.41) is 11.4. The molecule has 2 N–H and O–H groups in total. The highest BCUT2D eigenvalue weighted by Gasteiger charge is 2.28. The number of benzene rings is 1. The van der Waals surface area contributed by atoms with E-state index in [1.54, 1.807) is 25.3 Å². The van der Waals surface area contributed by atoms with Gasteiger partial charge in [0.1, 0.15) is 5.75 Å². The Labute approximate surface area is 168 Å². The van der Waals surface area contributed by atoms with Crippen LogP contribution in [-0.4, -0.2) is 40.0 Å². The van der Waals surface area contributed by atoms with E-state index >= 15 is 0 Å². The van der Waals surface area contributed by atoms with Gasteiger partial charge in [0.2, 0.25) is 11.1 Å². The normalized spacial score (nSPS) is 22.4. The number of H-pyrrole nitrogens is 1. The van der Waals surface area contributed by atoms with Gasteiger partial charge in [0, 0.05) is 11.1 Å². The number of nitrogens with one attached hydrogen (secondary N) is 2. The fraction of sp³-hybridized carbons (Fsp3) is 0.526. The van der Waals surface area contributed by atoms with E-state index in [2.05, 4.69) is 34.3 Å². The second-order valence-electron chi connectivity index (χ2n) is 7.04. The molecule has 0 aliphatic heterocycles. The van der Waals surface area contributed by atoms with E-state index in [9.17, 15) is 4.79 Å². The molecular formula is C19H25ClN4O2S. The number of hydrogen-bond acceptors (Lipinski definition) is 5. The second kappa shape index (κ2) is 8.97. The van der Waals surface area contributed by atoms with Crippen LogP contribution >= 0.6 is 23.4 Å². The van der Waals surface area contributed by atoms with E-state index < -0.39 is 0 Å². The fourth-order valence-corrected chi connectivity index (χ4v) is 4.24. The van der Waals surface area contributed by atoms with Gasteiger partial charge in [-0.15, -0.1) is 5.10 Å². The number of hydrogen-bond donors (Lipinski definition) is 2. The molecule has 0 saturated heterocycles. The van der Waals surface area contributed by atoms with E-state index in [4.69, 9.17) is 16.3 Å². The Morgan fingerprint density at radius 1 is 1.41 bits per heavy atom. The molecule has 0 radical (unpaired) electrons. The zero-order chi connectivity index (χ0) is 19.4. The van der Waals surface area contributed by atoms with Crippen LogP contribution in [-0.2, 0) is 4.79 Å². The lowest BCUT2D eigenvalue weighted by Crippen LogP contribution is -2.44. The van der Waals surface area contributed by atoms with E-state index in [1.807, 2.05) is 0 Å². The Morgan fingerprint density at radius 2 is 2.22 bits per heavy atom. The predicted molar refractivity (Wildman–Crippen MR) is 108 cm³/mol. The van der Waals surface area contributed by atoms with Crippen molar-refractivity contribution in [3.8, 4) is 17.1 Å². The first-order chi connectivity index (χ1) is 13.0. The number of carbonyl (C=O) groups is 1. The van der Waals surface area contributed by atoms with Crippen molar-refractivity contribution >= 4 is 29.3 Å². The summed E-state index contributed by atoms with van der Waals surface area (Å²) in [5.74, 6) is 2.70.